The molecule has 2 heterocycles. The van der Waals surface area contributed by atoms with Crippen LogP contribution in [0.2, 0.25) is 0 Å². The zero-order valence-corrected chi connectivity index (χ0v) is 12.8. The standard InChI is InChI=1S/C14H19N3O3S/c1-8-12(13(18)19)21-11(16-8)5-15-14(20)17-6-9-3-2-4-10(9)7-17/h9-10H,2-7H2,1H3,(H,15,20)(H,18,19). The second-order valence-corrected chi connectivity index (χ2v) is 6.93. The lowest BCUT2D eigenvalue weighted by Crippen LogP contribution is -2.38. The highest BCUT2D eigenvalue weighted by atomic mass is 32.1. The first-order valence-electron chi connectivity index (χ1n) is 7.27. The molecule has 1 aliphatic heterocycles. The molecule has 0 aromatic carbocycles. The molecule has 1 saturated heterocycles. The van der Waals surface area contributed by atoms with Crippen molar-refractivity contribution in [1.82, 2.24) is 15.2 Å². The van der Waals surface area contributed by atoms with Gasteiger partial charge in [0.05, 0.1) is 12.2 Å². The van der Waals surface area contributed by atoms with Crippen LogP contribution in [0.1, 0.15) is 39.6 Å². The van der Waals surface area contributed by atoms with E-state index in [2.05, 4.69) is 10.3 Å². The van der Waals surface area contributed by atoms with E-state index in [-0.39, 0.29) is 10.9 Å². The molecule has 3 rings (SSSR count). The van der Waals surface area contributed by atoms with Crippen LogP contribution in [-0.4, -0.2) is 40.1 Å². The highest BCUT2D eigenvalue weighted by Gasteiger charge is 2.37. The van der Waals surface area contributed by atoms with E-state index in [1.165, 1.54) is 19.3 Å². The van der Waals surface area contributed by atoms with Crippen LogP contribution in [0.4, 0.5) is 4.79 Å². The Labute approximate surface area is 127 Å². The maximum atomic E-state index is 12.2. The lowest BCUT2D eigenvalue weighted by Gasteiger charge is -2.17. The molecule has 2 unspecified atom stereocenters. The van der Waals surface area contributed by atoms with E-state index >= 15 is 0 Å². The van der Waals surface area contributed by atoms with Crippen molar-refractivity contribution < 1.29 is 14.7 Å². The van der Waals surface area contributed by atoms with Gasteiger partial charge in [0.1, 0.15) is 9.88 Å². The summed E-state index contributed by atoms with van der Waals surface area (Å²) in [6, 6.07) is -0.0610. The molecule has 1 aromatic heterocycles. The van der Waals surface area contributed by atoms with Crippen LogP contribution >= 0.6 is 11.3 Å². The number of rotatable bonds is 3. The molecule has 6 nitrogen and oxygen atoms in total. The number of thiazole rings is 1. The molecule has 1 aromatic rings. The fraction of sp³-hybridized carbons (Fsp3) is 0.643. The molecule has 0 bridgehead atoms. The largest absolute Gasteiger partial charge is 0.477 e. The summed E-state index contributed by atoms with van der Waals surface area (Å²) in [6.45, 7) is 3.68. The molecular formula is C14H19N3O3S. The molecule has 0 spiro atoms. The van der Waals surface area contributed by atoms with E-state index in [0.29, 0.717) is 29.1 Å². The maximum Gasteiger partial charge on any atom is 0.347 e. The van der Waals surface area contributed by atoms with E-state index < -0.39 is 5.97 Å². The number of hydrogen-bond donors (Lipinski definition) is 2. The lowest BCUT2D eigenvalue weighted by molar-refractivity contribution is 0.0701. The van der Waals surface area contributed by atoms with Crippen LogP contribution in [-0.2, 0) is 6.54 Å². The SMILES string of the molecule is Cc1nc(CNC(=O)N2CC3CCCC3C2)sc1C(=O)O. The molecule has 21 heavy (non-hydrogen) atoms. The second-order valence-electron chi connectivity index (χ2n) is 5.84. The highest BCUT2D eigenvalue weighted by molar-refractivity contribution is 7.13. The second kappa shape index (κ2) is 5.63. The summed E-state index contributed by atoms with van der Waals surface area (Å²) in [5.74, 6) is 0.392. The Hall–Kier alpha value is -1.63. The monoisotopic (exact) mass is 309 g/mol. The number of aromatic carboxylic acids is 1. The van der Waals surface area contributed by atoms with Crippen molar-refractivity contribution in [2.24, 2.45) is 11.8 Å². The number of aryl methyl sites for hydroxylation is 1. The molecule has 1 saturated carbocycles. The predicted octanol–water partition coefficient (Wildman–Crippen LogP) is 2.09. The Morgan fingerprint density at radius 2 is 2.05 bits per heavy atom. The van der Waals surface area contributed by atoms with Crippen LogP contribution in [0.15, 0.2) is 0 Å². The Morgan fingerprint density at radius 1 is 1.38 bits per heavy atom. The first-order chi connectivity index (χ1) is 10.0. The molecule has 114 valence electrons. The Bertz CT molecular complexity index is 560. The van der Waals surface area contributed by atoms with Crippen LogP contribution in [0, 0.1) is 18.8 Å². The smallest absolute Gasteiger partial charge is 0.347 e. The number of carbonyl (C=O) groups is 2. The average Bonchev–Trinajstić information content (AvgIpc) is 3.08. The third kappa shape index (κ3) is 2.88. The van der Waals surface area contributed by atoms with Crippen molar-refractivity contribution in [2.45, 2.75) is 32.7 Å². The van der Waals surface area contributed by atoms with Crippen molar-refractivity contribution in [2.75, 3.05) is 13.1 Å². The topological polar surface area (TPSA) is 82.5 Å². The summed E-state index contributed by atoms with van der Waals surface area (Å²) in [4.78, 5) is 29.4. The van der Waals surface area contributed by atoms with Gasteiger partial charge in [0.15, 0.2) is 0 Å². The third-order valence-corrected chi connectivity index (χ3v) is 5.58. The third-order valence-electron chi connectivity index (χ3n) is 4.44. The van der Waals surface area contributed by atoms with Gasteiger partial charge in [-0.05, 0) is 31.6 Å². The molecule has 0 radical (unpaired) electrons. The minimum Gasteiger partial charge on any atom is -0.477 e. The van der Waals surface area contributed by atoms with Crippen molar-refractivity contribution in [3.63, 3.8) is 0 Å². The van der Waals surface area contributed by atoms with E-state index in [4.69, 9.17) is 5.11 Å². The zero-order chi connectivity index (χ0) is 15.0. The van der Waals surface area contributed by atoms with Crippen LogP contribution in [0.5, 0.6) is 0 Å². The fourth-order valence-corrected chi connectivity index (χ4v) is 4.23. The van der Waals surface area contributed by atoms with Gasteiger partial charge in [-0.2, -0.15) is 0 Å². The van der Waals surface area contributed by atoms with Gasteiger partial charge in [-0.15, -0.1) is 11.3 Å². The van der Waals surface area contributed by atoms with Crippen LogP contribution in [0.25, 0.3) is 0 Å². The summed E-state index contributed by atoms with van der Waals surface area (Å²) in [6.07, 6.45) is 3.77. The van der Waals surface area contributed by atoms with Gasteiger partial charge in [-0.3, -0.25) is 0 Å². The minimum absolute atomic E-state index is 0.0610. The average molecular weight is 309 g/mol. The first kappa shape index (κ1) is 14.3. The summed E-state index contributed by atoms with van der Waals surface area (Å²) in [7, 11) is 0. The quantitative estimate of drug-likeness (QED) is 0.895. The molecular weight excluding hydrogens is 290 g/mol. The number of hydrogen-bond acceptors (Lipinski definition) is 4. The predicted molar refractivity (Wildman–Crippen MR) is 78.5 cm³/mol. The fourth-order valence-electron chi connectivity index (χ4n) is 3.39. The van der Waals surface area contributed by atoms with Gasteiger partial charge >= 0.3 is 12.0 Å². The van der Waals surface area contributed by atoms with Crippen molar-refractivity contribution in [3.8, 4) is 0 Å². The molecule has 7 heteroatoms. The highest BCUT2D eigenvalue weighted by Crippen LogP contribution is 2.37. The van der Waals surface area contributed by atoms with Gasteiger partial charge < -0.3 is 15.3 Å². The number of amides is 2. The van der Waals surface area contributed by atoms with Gasteiger partial charge in [0.2, 0.25) is 0 Å². The van der Waals surface area contributed by atoms with E-state index in [9.17, 15) is 9.59 Å². The lowest BCUT2D eigenvalue weighted by atomic mass is 10.0. The van der Waals surface area contributed by atoms with Gasteiger partial charge in [-0.25, -0.2) is 14.6 Å². The van der Waals surface area contributed by atoms with E-state index in [1.54, 1.807) is 6.92 Å². The first-order valence-corrected chi connectivity index (χ1v) is 8.08. The number of aromatic nitrogens is 1. The summed E-state index contributed by atoms with van der Waals surface area (Å²) in [5, 5.41) is 12.5. The normalized spacial score (nSPS) is 24.1. The number of carbonyl (C=O) groups excluding carboxylic acids is 1. The van der Waals surface area contributed by atoms with Crippen molar-refractivity contribution in [3.05, 3.63) is 15.6 Å². The number of likely N-dealkylation sites (tertiary alicyclic amines) is 1. The number of fused-ring (bicyclic) bond motifs is 1. The van der Waals surface area contributed by atoms with Crippen molar-refractivity contribution >= 4 is 23.3 Å². The maximum absolute atomic E-state index is 12.2. The Morgan fingerprint density at radius 3 is 2.62 bits per heavy atom. The molecule has 2 N–H and O–H groups in total. The Balaban J connectivity index is 1.54. The van der Waals surface area contributed by atoms with Crippen LogP contribution in [0.3, 0.4) is 0 Å². The number of carboxylic acids is 1. The molecule has 2 atom stereocenters. The van der Waals surface area contributed by atoms with Crippen LogP contribution < -0.4 is 5.32 Å². The molecule has 2 fully saturated rings. The Kier molecular flexibility index (Phi) is 3.84. The number of nitrogens with one attached hydrogen (secondary N) is 1. The van der Waals surface area contributed by atoms with Gasteiger partial charge in [-0.1, -0.05) is 6.42 Å². The van der Waals surface area contributed by atoms with Gasteiger partial charge in [0, 0.05) is 13.1 Å². The zero-order valence-electron chi connectivity index (χ0n) is 12.0. The molecule has 2 amide bonds. The number of nitrogens with zero attached hydrogens (tertiary/aromatic N) is 2. The number of urea groups is 1. The van der Waals surface area contributed by atoms with Gasteiger partial charge in [0.25, 0.3) is 0 Å². The van der Waals surface area contributed by atoms with Crippen molar-refractivity contribution in [1.29, 1.82) is 0 Å². The summed E-state index contributed by atoms with van der Waals surface area (Å²) in [5.41, 5.74) is 0.507. The minimum atomic E-state index is -0.963. The van der Waals surface area contributed by atoms with E-state index in [1.807, 2.05) is 4.90 Å². The summed E-state index contributed by atoms with van der Waals surface area (Å²) < 4.78 is 0. The molecule has 2 aliphatic rings. The molecule has 1 aliphatic carbocycles. The van der Waals surface area contributed by atoms with E-state index in [0.717, 1.165) is 24.4 Å². The summed E-state index contributed by atoms with van der Waals surface area (Å²) >= 11 is 1.13. The number of carboxylic acid groups (broad SMARTS) is 1.